The number of carboxylic acids is 1. The lowest BCUT2D eigenvalue weighted by Gasteiger charge is -2.10. The van der Waals surface area contributed by atoms with Crippen LogP contribution in [0.1, 0.15) is 24.8 Å². The highest BCUT2D eigenvalue weighted by atomic mass is 16.5. The van der Waals surface area contributed by atoms with E-state index < -0.39 is 5.97 Å². The summed E-state index contributed by atoms with van der Waals surface area (Å²) in [7, 11) is 4.23. The maximum atomic E-state index is 11.4. The van der Waals surface area contributed by atoms with E-state index >= 15 is 0 Å². The Morgan fingerprint density at radius 3 is 2.74 bits per heavy atom. The van der Waals surface area contributed by atoms with Gasteiger partial charge < -0.3 is 24.9 Å². The minimum Gasteiger partial charge on any atom is -0.550 e. The molecule has 6 nitrogen and oxygen atoms in total. The zero-order valence-corrected chi connectivity index (χ0v) is 13.9. The van der Waals surface area contributed by atoms with Crippen molar-refractivity contribution >= 4 is 11.9 Å². The highest BCUT2D eigenvalue weighted by Gasteiger charge is 2.02. The van der Waals surface area contributed by atoms with Crippen LogP contribution in [0.2, 0.25) is 0 Å². The van der Waals surface area contributed by atoms with Crippen LogP contribution in [0.15, 0.2) is 24.3 Å². The van der Waals surface area contributed by atoms with Crippen LogP contribution in [0, 0.1) is 0 Å². The Morgan fingerprint density at radius 2 is 2.04 bits per heavy atom. The molecular weight excluding hydrogens is 296 g/mol. The summed E-state index contributed by atoms with van der Waals surface area (Å²) in [6.45, 7) is 2.23. The van der Waals surface area contributed by atoms with Gasteiger partial charge >= 0.3 is 0 Å². The van der Waals surface area contributed by atoms with Crippen molar-refractivity contribution in [3.8, 4) is 5.75 Å². The number of quaternary nitrogens is 1. The third-order valence-corrected chi connectivity index (χ3v) is 3.28. The zero-order valence-electron chi connectivity index (χ0n) is 13.9. The molecular formula is C17H26N2O4. The van der Waals surface area contributed by atoms with Crippen molar-refractivity contribution in [3.63, 3.8) is 0 Å². The highest BCUT2D eigenvalue weighted by molar-refractivity contribution is 5.79. The van der Waals surface area contributed by atoms with Crippen molar-refractivity contribution in [3.05, 3.63) is 29.8 Å². The lowest BCUT2D eigenvalue weighted by atomic mass is 10.1. The molecule has 0 spiro atoms. The number of hydrogen-bond donors (Lipinski definition) is 2. The molecule has 0 radical (unpaired) electrons. The summed E-state index contributed by atoms with van der Waals surface area (Å²) in [6, 6.07) is 7.80. The van der Waals surface area contributed by atoms with E-state index in [1.165, 1.54) is 4.90 Å². The molecule has 0 aromatic heterocycles. The Balaban J connectivity index is 2.28. The smallest absolute Gasteiger partial charge is 0.220 e. The topological polar surface area (TPSA) is 82.9 Å². The minimum absolute atomic E-state index is 0.0423. The third kappa shape index (κ3) is 9.52. The lowest BCUT2D eigenvalue weighted by Crippen LogP contribution is -3.05. The maximum absolute atomic E-state index is 11.4. The van der Waals surface area contributed by atoms with Crippen LogP contribution in [-0.2, 0) is 16.0 Å². The van der Waals surface area contributed by atoms with Crippen molar-refractivity contribution < 1.29 is 24.3 Å². The number of amides is 1. The van der Waals surface area contributed by atoms with E-state index in [0.29, 0.717) is 19.6 Å². The first-order chi connectivity index (χ1) is 11.0. The molecule has 23 heavy (non-hydrogen) atoms. The minimum atomic E-state index is -1.21. The SMILES string of the molecule is C[NH+](C)CCCOc1cccc(CCNC(=O)CCC(=O)[O-])c1. The first-order valence-electron chi connectivity index (χ1n) is 7.94. The molecule has 2 N–H and O–H groups in total. The number of carboxylic acid groups (broad SMARTS) is 1. The van der Waals surface area contributed by atoms with E-state index in [1.54, 1.807) is 0 Å². The molecule has 0 aliphatic rings. The molecule has 6 heteroatoms. The van der Waals surface area contributed by atoms with Gasteiger partial charge in [-0.1, -0.05) is 12.1 Å². The summed E-state index contributed by atoms with van der Waals surface area (Å²) < 4.78 is 5.72. The first-order valence-corrected chi connectivity index (χ1v) is 7.94. The van der Waals surface area contributed by atoms with E-state index in [-0.39, 0.29) is 18.7 Å². The first kappa shape index (κ1) is 19.0. The van der Waals surface area contributed by atoms with Crippen molar-refractivity contribution in [2.75, 3.05) is 33.8 Å². The van der Waals surface area contributed by atoms with Gasteiger partial charge in [0.2, 0.25) is 5.91 Å². The number of benzene rings is 1. The van der Waals surface area contributed by atoms with Crippen LogP contribution in [0.4, 0.5) is 0 Å². The standard InChI is InChI=1S/C17H26N2O4/c1-19(2)11-4-12-23-15-6-3-5-14(13-15)9-10-18-16(20)7-8-17(21)22/h3,5-6,13H,4,7-12H2,1-2H3,(H,18,20)(H,21,22). The highest BCUT2D eigenvalue weighted by Crippen LogP contribution is 2.13. The van der Waals surface area contributed by atoms with Gasteiger partial charge in [-0.15, -0.1) is 0 Å². The molecule has 0 saturated heterocycles. The van der Waals surface area contributed by atoms with Crippen LogP contribution < -0.4 is 20.1 Å². The Morgan fingerprint density at radius 1 is 1.26 bits per heavy atom. The monoisotopic (exact) mass is 322 g/mol. The van der Waals surface area contributed by atoms with Gasteiger partial charge in [0.15, 0.2) is 0 Å². The van der Waals surface area contributed by atoms with E-state index in [1.807, 2.05) is 24.3 Å². The average Bonchev–Trinajstić information content (AvgIpc) is 2.50. The Labute approximate surface area is 137 Å². The molecule has 0 saturated carbocycles. The fourth-order valence-electron chi connectivity index (χ4n) is 2.06. The maximum Gasteiger partial charge on any atom is 0.220 e. The second-order valence-electron chi connectivity index (χ2n) is 5.78. The predicted octanol–water partition coefficient (Wildman–Crippen LogP) is -1.21. The molecule has 1 amide bonds. The molecule has 0 fully saturated rings. The van der Waals surface area contributed by atoms with E-state index in [2.05, 4.69) is 19.4 Å². The van der Waals surface area contributed by atoms with Crippen molar-refractivity contribution in [1.29, 1.82) is 0 Å². The van der Waals surface area contributed by atoms with Crippen LogP contribution in [0.3, 0.4) is 0 Å². The fourth-order valence-corrected chi connectivity index (χ4v) is 2.06. The molecule has 0 atom stereocenters. The normalized spacial score (nSPS) is 10.6. The number of rotatable bonds is 11. The quantitative estimate of drug-likeness (QED) is 0.501. The summed E-state index contributed by atoms with van der Waals surface area (Å²) in [5, 5.41) is 13.0. The number of nitrogens with one attached hydrogen (secondary N) is 2. The largest absolute Gasteiger partial charge is 0.550 e. The molecule has 1 aromatic rings. The molecule has 128 valence electrons. The fraction of sp³-hybridized carbons (Fsp3) is 0.529. The number of aliphatic carboxylic acids is 1. The van der Waals surface area contributed by atoms with Crippen molar-refractivity contribution in [2.24, 2.45) is 0 Å². The summed E-state index contributed by atoms with van der Waals surface area (Å²) in [5.41, 5.74) is 1.07. The molecule has 1 rings (SSSR count). The number of hydrogen-bond acceptors (Lipinski definition) is 4. The van der Waals surface area contributed by atoms with Crippen molar-refractivity contribution in [1.82, 2.24) is 5.32 Å². The summed E-state index contributed by atoms with van der Waals surface area (Å²) in [4.78, 5) is 23.1. The van der Waals surface area contributed by atoms with Crippen LogP contribution in [0.5, 0.6) is 5.75 Å². The van der Waals surface area contributed by atoms with Gasteiger partial charge in [0.05, 0.1) is 27.2 Å². The van der Waals surface area contributed by atoms with Crippen LogP contribution in [0.25, 0.3) is 0 Å². The number of carbonyl (C=O) groups is 2. The second-order valence-corrected chi connectivity index (χ2v) is 5.78. The van der Waals surface area contributed by atoms with Crippen molar-refractivity contribution in [2.45, 2.75) is 25.7 Å². The van der Waals surface area contributed by atoms with E-state index in [0.717, 1.165) is 24.3 Å². The van der Waals surface area contributed by atoms with Gasteiger partial charge in [-0.05, 0) is 30.5 Å². The zero-order chi connectivity index (χ0) is 17.1. The lowest BCUT2D eigenvalue weighted by molar-refractivity contribution is -0.858. The second kappa shape index (κ2) is 10.6. The van der Waals surface area contributed by atoms with Gasteiger partial charge in [0.1, 0.15) is 5.75 Å². The Bertz CT molecular complexity index is 503. The number of carbonyl (C=O) groups excluding carboxylic acids is 2. The predicted molar refractivity (Wildman–Crippen MR) is 85.2 cm³/mol. The summed E-state index contributed by atoms with van der Waals surface area (Å²) in [6.07, 6.45) is 1.39. The molecule has 0 unspecified atom stereocenters. The summed E-state index contributed by atoms with van der Waals surface area (Å²) in [5.74, 6) is -0.645. The van der Waals surface area contributed by atoms with Crippen LogP contribution in [-0.4, -0.2) is 45.7 Å². The van der Waals surface area contributed by atoms with Crippen LogP contribution >= 0.6 is 0 Å². The van der Waals surface area contributed by atoms with Gasteiger partial charge in [-0.2, -0.15) is 0 Å². The molecule has 0 heterocycles. The summed E-state index contributed by atoms with van der Waals surface area (Å²) >= 11 is 0. The van der Waals surface area contributed by atoms with Gasteiger partial charge in [0, 0.05) is 25.4 Å². The molecule has 0 aliphatic heterocycles. The molecule has 0 aliphatic carbocycles. The Kier molecular flexibility index (Phi) is 8.75. The third-order valence-electron chi connectivity index (χ3n) is 3.28. The molecule has 1 aromatic carbocycles. The average molecular weight is 322 g/mol. The van der Waals surface area contributed by atoms with Gasteiger partial charge in [0.25, 0.3) is 0 Å². The van der Waals surface area contributed by atoms with Gasteiger partial charge in [-0.25, -0.2) is 0 Å². The number of ether oxygens (including phenoxy) is 1. The molecule has 0 bridgehead atoms. The van der Waals surface area contributed by atoms with Gasteiger partial charge in [-0.3, -0.25) is 4.79 Å². The van der Waals surface area contributed by atoms with E-state index in [9.17, 15) is 14.7 Å². The Hall–Kier alpha value is -2.08. The van der Waals surface area contributed by atoms with E-state index in [4.69, 9.17) is 4.74 Å².